The second-order valence-corrected chi connectivity index (χ2v) is 3.92. The zero-order valence-corrected chi connectivity index (χ0v) is 9.22. The van der Waals surface area contributed by atoms with Crippen LogP contribution in [0.5, 0.6) is 0 Å². The summed E-state index contributed by atoms with van der Waals surface area (Å²) in [6.07, 6.45) is 1.95. The van der Waals surface area contributed by atoms with E-state index in [0.29, 0.717) is 0 Å². The molecule has 0 spiro atoms. The van der Waals surface area contributed by atoms with Crippen molar-refractivity contribution in [2.45, 2.75) is 32.2 Å². The van der Waals surface area contributed by atoms with Crippen molar-refractivity contribution in [1.29, 1.82) is 5.26 Å². The number of hydrogen-bond acceptors (Lipinski definition) is 3. The Morgan fingerprint density at radius 2 is 2.08 bits per heavy atom. The van der Waals surface area contributed by atoms with Gasteiger partial charge in [-0.15, -0.1) is 0 Å². The van der Waals surface area contributed by atoms with Crippen LogP contribution in [-0.4, -0.2) is 37.6 Å². The maximum absolute atomic E-state index is 8.96. The third-order valence-electron chi connectivity index (χ3n) is 2.07. The molecule has 3 heteroatoms. The monoisotopic (exact) mass is 183 g/mol. The number of nitrogens with one attached hydrogen (secondary N) is 1. The topological polar surface area (TPSA) is 39.1 Å². The van der Waals surface area contributed by atoms with Gasteiger partial charge < -0.3 is 4.90 Å². The molecule has 0 aromatic rings. The van der Waals surface area contributed by atoms with Crippen molar-refractivity contribution in [1.82, 2.24) is 10.2 Å². The Kier molecular flexibility index (Phi) is 5.68. The molecular weight excluding hydrogens is 162 g/mol. The first-order chi connectivity index (χ1) is 6.04. The minimum atomic E-state index is -0.342. The molecule has 1 unspecified atom stereocenters. The van der Waals surface area contributed by atoms with Crippen LogP contribution < -0.4 is 5.32 Å². The lowest BCUT2D eigenvalue weighted by Crippen LogP contribution is -2.43. The van der Waals surface area contributed by atoms with Crippen LogP contribution in [0.2, 0.25) is 0 Å². The van der Waals surface area contributed by atoms with E-state index in [4.69, 9.17) is 5.26 Å². The van der Waals surface area contributed by atoms with Gasteiger partial charge in [-0.05, 0) is 27.4 Å². The Balaban J connectivity index is 3.78. The molecule has 1 N–H and O–H groups in total. The predicted octanol–water partition coefficient (Wildman–Crippen LogP) is 1.22. The maximum Gasteiger partial charge on any atom is 0.103 e. The van der Waals surface area contributed by atoms with E-state index in [-0.39, 0.29) is 5.54 Å². The van der Waals surface area contributed by atoms with E-state index in [2.05, 4.69) is 23.2 Å². The van der Waals surface area contributed by atoms with Crippen LogP contribution in [0.4, 0.5) is 0 Å². The molecule has 0 aliphatic heterocycles. The maximum atomic E-state index is 8.96. The first-order valence-corrected chi connectivity index (χ1v) is 4.85. The average Bonchev–Trinajstić information content (AvgIpc) is 2.04. The lowest BCUT2D eigenvalue weighted by atomic mass is 9.98. The molecule has 0 fully saturated rings. The zero-order chi connectivity index (χ0) is 10.3. The highest BCUT2D eigenvalue weighted by Crippen LogP contribution is 2.09. The average molecular weight is 183 g/mol. The summed E-state index contributed by atoms with van der Waals surface area (Å²) < 4.78 is 0. The summed E-state index contributed by atoms with van der Waals surface area (Å²) in [6, 6.07) is 2.32. The van der Waals surface area contributed by atoms with Gasteiger partial charge in [0.1, 0.15) is 5.54 Å². The van der Waals surface area contributed by atoms with Crippen molar-refractivity contribution >= 4 is 0 Å². The molecule has 0 rings (SSSR count). The minimum absolute atomic E-state index is 0.342. The number of rotatable bonds is 6. The fraction of sp³-hybridized carbons (Fsp3) is 0.900. The summed E-state index contributed by atoms with van der Waals surface area (Å²) in [7, 11) is 4.07. The Bertz CT molecular complexity index is 171. The molecular formula is C10H21N3. The molecule has 1 atom stereocenters. The second-order valence-electron chi connectivity index (χ2n) is 3.92. The second kappa shape index (κ2) is 5.95. The summed E-state index contributed by atoms with van der Waals surface area (Å²) in [5.41, 5.74) is -0.342. The molecule has 0 saturated carbocycles. The molecule has 0 heterocycles. The lowest BCUT2D eigenvalue weighted by Gasteiger charge is -2.23. The molecule has 0 aromatic carbocycles. The van der Waals surface area contributed by atoms with Crippen LogP contribution in [-0.2, 0) is 0 Å². The first-order valence-electron chi connectivity index (χ1n) is 4.85. The van der Waals surface area contributed by atoms with Crippen molar-refractivity contribution in [3.05, 3.63) is 0 Å². The molecule has 0 bridgehead atoms. The first kappa shape index (κ1) is 12.4. The zero-order valence-electron chi connectivity index (χ0n) is 9.22. The Labute approximate surface area is 81.7 Å². The molecule has 0 amide bonds. The molecule has 0 radical (unpaired) electrons. The van der Waals surface area contributed by atoms with E-state index >= 15 is 0 Å². The van der Waals surface area contributed by atoms with Gasteiger partial charge in [0.2, 0.25) is 0 Å². The molecule has 0 aliphatic carbocycles. The molecule has 13 heavy (non-hydrogen) atoms. The highest BCUT2D eigenvalue weighted by molar-refractivity contribution is 5.03. The Morgan fingerprint density at radius 1 is 1.46 bits per heavy atom. The third kappa shape index (κ3) is 5.62. The summed E-state index contributed by atoms with van der Waals surface area (Å²) in [4.78, 5) is 2.11. The Morgan fingerprint density at radius 3 is 2.46 bits per heavy atom. The van der Waals surface area contributed by atoms with E-state index in [0.717, 1.165) is 25.9 Å². The summed E-state index contributed by atoms with van der Waals surface area (Å²) in [6.45, 7) is 5.91. The van der Waals surface area contributed by atoms with Crippen molar-refractivity contribution < 1.29 is 0 Å². The van der Waals surface area contributed by atoms with Gasteiger partial charge in [0, 0.05) is 13.1 Å². The van der Waals surface area contributed by atoms with E-state index in [9.17, 15) is 0 Å². The van der Waals surface area contributed by atoms with E-state index in [1.54, 1.807) is 0 Å². The normalized spacial score (nSPS) is 15.4. The largest absolute Gasteiger partial charge is 0.308 e. The Hall–Kier alpha value is -0.590. The molecule has 0 aliphatic rings. The third-order valence-corrected chi connectivity index (χ3v) is 2.07. The van der Waals surface area contributed by atoms with Crippen molar-refractivity contribution in [2.75, 3.05) is 27.2 Å². The van der Waals surface area contributed by atoms with Crippen LogP contribution in [0, 0.1) is 11.3 Å². The smallest absolute Gasteiger partial charge is 0.103 e. The van der Waals surface area contributed by atoms with Crippen molar-refractivity contribution in [3.63, 3.8) is 0 Å². The van der Waals surface area contributed by atoms with E-state index in [1.165, 1.54) is 0 Å². The number of hydrogen-bond donors (Lipinski definition) is 1. The number of nitriles is 1. The summed E-state index contributed by atoms with van der Waals surface area (Å²) in [5.74, 6) is 0. The lowest BCUT2D eigenvalue weighted by molar-refractivity contribution is 0.352. The number of nitrogens with zero attached hydrogens (tertiary/aromatic N) is 2. The van der Waals surface area contributed by atoms with Gasteiger partial charge in [-0.2, -0.15) is 5.26 Å². The SMILES string of the molecule is CCCC(C)(C#N)NCCN(C)C. The van der Waals surface area contributed by atoms with Gasteiger partial charge in [-0.25, -0.2) is 0 Å². The van der Waals surface area contributed by atoms with Crippen LogP contribution in [0.15, 0.2) is 0 Å². The molecule has 0 saturated heterocycles. The quantitative estimate of drug-likeness (QED) is 0.673. The van der Waals surface area contributed by atoms with Crippen molar-refractivity contribution in [3.8, 4) is 6.07 Å². The molecule has 3 nitrogen and oxygen atoms in total. The highest BCUT2D eigenvalue weighted by atomic mass is 15.1. The number of likely N-dealkylation sites (N-methyl/N-ethyl adjacent to an activating group) is 1. The standard InChI is InChI=1S/C10H21N3/c1-5-6-10(2,9-11)12-7-8-13(3)4/h12H,5-8H2,1-4H3. The fourth-order valence-corrected chi connectivity index (χ4v) is 1.24. The predicted molar refractivity (Wildman–Crippen MR) is 55.5 cm³/mol. The van der Waals surface area contributed by atoms with Crippen LogP contribution in [0.3, 0.4) is 0 Å². The van der Waals surface area contributed by atoms with Crippen LogP contribution >= 0.6 is 0 Å². The molecule has 0 aromatic heterocycles. The van der Waals surface area contributed by atoms with Gasteiger partial charge in [-0.3, -0.25) is 5.32 Å². The van der Waals surface area contributed by atoms with Crippen molar-refractivity contribution in [2.24, 2.45) is 0 Å². The van der Waals surface area contributed by atoms with Gasteiger partial charge in [0.15, 0.2) is 0 Å². The van der Waals surface area contributed by atoms with E-state index < -0.39 is 0 Å². The van der Waals surface area contributed by atoms with Gasteiger partial charge in [0.05, 0.1) is 6.07 Å². The van der Waals surface area contributed by atoms with Gasteiger partial charge in [-0.1, -0.05) is 13.3 Å². The summed E-state index contributed by atoms with van der Waals surface area (Å²) >= 11 is 0. The van der Waals surface area contributed by atoms with Crippen LogP contribution in [0.1, 0.15) is 26.7 Å². The van der Waals surface area contributed by atoms with Gasteiger partial charge >= 0.3 is 0 Å². The van der Waals surface area contributed by atoms with Gasteiger partial charge in [0.25, 0.3) is 0 Å². The molecule has 76 valence electrons. The summed E-state index contributed by atoms with van der Waals surface area (Å²) in [5, 5.41) is 12.2. The highest BCUT2D eigenvalue weighted by Gasteiger charge is 2.20. The van der Waals surface area contributed by atoms with E-state index in [1.807, 2.05) is 21.0 Å². The fourth-order valence-electron chi connectivity index (χ4n) is 1.24. The minimum Gasteiger partial charge on any atom is -0.308 e. The van der Waals surface area contributed by atoms with Crippen LogP contribution in [0.25, 0.3) is 0 Å².